The molecule has 6 nitrogen and oxygen atoms in total. The van der Waals surface area contributed by atoms with Gasteiger partial charge in [-0.25, -0.2) is 13.9 Å². The quantitative estimate of drug-likeness (QED) is 0.701. The van der Waals surface area contributed by atoms with Gasteiger partial charge in [0, 0.05) is 6.07 Å². The van der Waals surface area contributed by atoms with Crippen LogP contribution in [-0.2, 0) is 9.53 Å². The number of ether oxygens (including phenoxy) is 1. The number of aromatic nitrogens is 2. The molecule has 0 spiro atoms. The van der Waals surface area contributed by atoms with Crippen LogP contribution in [0.5, 0.6) is 0 Å². The van der Waals surface area contributed by atoms with Crippen LogP contribution in [0.25, 0.3) is 5.69 Å². The second-order valence-corrected chi connectivity index (χ2v) is 6.02. The Morgan fingerprint density at radius 2 is 1.81 bits per heavy atom. The first-order chi connectivity index (χ1) is 12.9. The number of aryl methyl sites for hydroxylation is 2. The van der Waals surface area contributed by atoms with E-state index >= 15 is 0 Å². The Morgan fingerprint density at radius 1 is 1.11 bits per heavy atom. The van der Waals surface area contributed by atoms with E-state index in [2.05, 4.69) is 10.4 Å². The van der Waals surface area contributed by atoms with Crippen molar-refractivity contribution in [3.8, 4) is 5.69 Å². The standard InChI is InChI=1S/C20H18FN3O3/c1-13-7-9-15(10-8-13)24-18(11-14(2)23-24)22-19(25)12-27-20(26)16-5-3-4-6-17(16)21/h3-11H,12H2,1-2H3,(H,22,25). The molecule has 0 aliphatic carbocycles. The molecule has 1 heterocycles. The first-order valence-corrected chi connectivity index (χ1v) is 8.29. The number of nitrogens with one attached hydrogen (secondary N) is 1. The van der Waals surface area contributed by atoms with E-state index in [9.17, 15) is 14.0 Å². The number of rotatable bonds is 5. The van der Waals surface area contributed by atoms with E-state index in [4.69, 9.17) is 4.74 Å². The van der Waals surface area contributed by atoms with E-state index in [0.29, 0.717) is 11.5 Å². The van der Waals surface area contributed by atoms with Crippen molar-refractivity contribution in [3.05, 3.63) is 77.2 Å². The second kappa shape index (κ2) is 7.82. The second-order valence-electron chi connectivity index (χ2n) is 6.02. The van der Waals surface area contributed by atoms with Crippen LogP contribution < -0.4 is 5.32 Å². The van der Waals surface area contributed by atoms with Crippen molar-refractivity contribution in [2.45, 2.75) is 13.8 Å². The van der Waals surface area contributed by atoms with Gasteiger partial charge in [0.1, 0.15) is 11.6 Å². The molecule has 0 bridgehead atoms. The fraction of sp³-hybridized carbons (Fsp3) is 0.150. The number of halogens is 1. The Labute approximate surface area is 155 Å². The number of hydrogen-bond donors (Lipinski definition) is 1. The van der Waals surface area contributed by atoms with Crippen molar-refractivity contribution in [3.63, 3.8) is 0 Å². The van der Waals surface area contributed by atoms with Crippen molar-refractivity contribution in [2.75, 3.05) is 11.9 Å². The average Bonchev–Trinajstić information content (AvgIpc) is 3.01. The van der Waals surface area contributed by atoms with E-state index in [-0.39, 0.29) is 5.56 Å². The summed E-state index contributed by atoms with van der Waals surface area (Å²) in [5.74, 6) is -1.70. The van der Waals surface area contributed by atoms with Gasteiger partial charge >= 0.3 is 5.97 Å². The van der Waals surface area contributed by atoms with Crippen molar-refractivity contribution in [1.82, 2.24) is 9.78 Å². The molecule has 1 aromatic heterocycles. The summed E-state index contributed by atoms with van der Waals surface area (Å²) in [5, 5.41) is 7.02. The number of nitrogens with zero attached hydrogens (tertiary/aromatic N) is 2. The summed E-state index contributed by atoms with van der Waals surface area (Å²) in [7, 11) is 0. The zero-order valence-corrected chi connectivity index (χ0v) is 14.9. The van der Waals surface area contributed by atoms with Crippen molar-refractivity contribution in [2.24, 2.45) is 0 Å². The SMILES string of the molecule is Cc1ccc(-n2nc(C)cc2NC(=O)COC(=O)c2ccccc2F)cc1. The fourth-order valence-corrected chi connectivity index (χ4v) is 2.49. The summed E-state index contributed by atoms with van der Waals surface area (Å²) >= 11 is 0. The number of amides is 1. The highest BCUT2D eigenvalue weighted by Gasteiger charge is 2.16. The normalized spacial score (nSPS) is 10.5. The lowest BCUT2D eigenvalue weighted by molar-refractivity contribution is -0.119. The lowest BCUT2D eigenvalue weighted by Crippen LogP contribution is -2.22. The summed E-state index contributed by atoms with van der Waals surface area (Å²) in [6.07, 6.45) is 0. The summed E-state index contributed by atoms with van der Waals surface area (Å²) in [4.78, 5) is 24.0. The average molecular weight is 367 g/mol. The summed E-state index contributed by atoms with van der Waals surface area (Å²) in [6, 6.07) is 14.8. The van der Waals surface area contributed by atoms with Crippen LogP contribution in [0.3, 0.4) is 0 Å². The Kier molecular flexibility index (Phi) is 5.30. The van der Waals surface area contributed by atoms with Gasteiger partial charge in [-0.05, 0) is 38.1 Å². The van der Waals surface area contributed by atoms with Crippen LogP contribution in [0.4, 0.5) is 10.2 Å². The lowest BCUT2D eigenvalue weighted by Gasteiger charge is -2.10. The molecule has 27 heavy (non-hydrogen) atoms. The molecule has 1 N–H and O–H groups in total. The summed E-state index contributed by atoms with van der Waals surface area (Å²) in [6.45, 7) is 3.24. The number of anilines is 1. The molecule has 0 unspecified atom stereocenters. The molecule has 7 heteroatoms. The Morgan fingerprint density at radius 3 is 2.52 bits per heavy atom. The molecule has 0 fully saturated rings. The molecular formula is C20H18FN3O3. The van der Waals surface area contributed by atoms with Gasteiger partial charge in [0.25, 0.3) is 5.91 Å². The smallest absolute Gasteiger partial charge is 0.341 e. The van der Waals surface area contributed by atoms with E-state index in [1.54, 1.807) is 17.7 Å². The first-order valence-electron chi connectivity index (χ1n) is 8.29. The topological polar surface area (TPSA) is 73.2 Å². The van der Waals surface area contributed by atoms with Crippen molar-refractivity contribution in [1.29, 1.82) is 0 Å². The molecule has 2 aromatic carbocycles. The fourth-order valence-electron chi connectivity index (χ4n) is 2.49. The molecule has 138 valence electrons. The minimum Gasteiger partial charge on any atom is -0.452 e. The zero-order chi connectivity index (χ0) is 19.4. The maximum Gasteiger partial charge on any atom is 0.341 e. The monoisotopic (exact) mass is 367 g/mol. The molecule has 0 saturated heterocycles. The van der Waals surface area contributed by atoms with E-state index < -0.39 is 24.3 Å². The van der Waals surface area contributed by atoms with Gasteiger partial charge in [0.2, 0.25) is 0 Å². The van der Waals surface area contributed by atoms with Gasteiger partial charge in [-0.3, -0.25) is 4.79 Å². The molecule has 3 rings (SSSR count). The molecule has 0 saturated carbocycles. The molecule has 0 aliphatic heterocycles. The van der Waals surface area contributed by atoms with Gasteiger partial charge in [-0.2, -0.15) is 5.10 Å². The third kappa shape index (κ3) is 4.38. The van der Waals surface area contributed by atoms with Crippen molar-refractivity contribution < 1.29 is 18.7 Å². The van der Waals surface area contributed by atoms with Gasteiger partial charge in [0.05, 0.1) is 16.9 Å². The highest BCUT2D eigenvalue weighted by atomic mass is 19.1. The van der Waals surface area contributed by atoms with E-state index in [1.807, 2.05) is 31.2 Å². The molecule has 0 aliphatic rings. The predicted octanol–water partition coefficient (Wildman–Crippen LogP) is 3.42. The van der Waals surface area contributed by atoms with Crippen LogP contribution in [0.15, 0.2) is 54.6 Å². The molecule has 0 radical (unpaired) electrons. The molecule has 3 aromatic rings. The number of benzene rings is 2. The highest BCUT2D eigenvalue weighted by Crippen LogP contribution is 2.17. The zero-order valence-electron chi connectivity index (χ0n) is 14.9. The first kappa shape index (κ1) is 18.3. The van der Waals surface area contributed by atoms with Crippen LogP contribution in [0, 0.1) is 19.7 Å². The van der Waals surface area contributed by atoms with Crippen LogP contribution in [-0.4, -0.2) is 28.3 Å². The van der Waals surface area contributed by atoms with E-state index in [1.165, 1.54) is 18.2 Å². The Balaban J connectivity index is 1.67. The summed E-state index contributed by atoms with van der Waals surface area (Å²) < 4.78 is 20.0. The number of carbonyl (C=O) groups excluding carboxylic acids is 2. The lowest BCUT2D eigenvalue weighted by atomic mass is 10.2. The van der Waals surface area contributed by atoms with Crippen LogP contribution in [0.2, 0.25) is 0 Å². The predicted molar refractivity (Wildman–Crippen MR) is 98.4 cm³/mol. The third-order valence-corrected chi connectivity index (χ3v) is 3.81. The molecular weight excluding hydrogens is 349 g/mol. The molecule has 0 atom stereocenters. The van der Waals surface area contributed by atoms with Crippen LogP contribution in [0.1, 0.15) is 21.6 Å². The minimum atomic E-state index is -0.897. The van der Waals surface area contributed by atoms with Crippen LogP contribution >= 0.6 is 0 Å². The van der Waals surface area contributed by atoms with E-state index in [0.717, 1.165) is 17.3 Å². The maximum absolute atomic E-state index is 13.6. The third-order valence-electron chi connectivity index (χ3n) is 3.81. The summed E-state index contributed by atoms with van der Waals surface area (Å²) in [5.41, 5.74) is 2.39. The number of esters is 1. The highest BCUT2D eigenvalue weighted by molar-refractivity contribution is 5.95. The number of hydrogen-bond acceptors (Lipinski definition) is 4. The van der Waals surface area contributed by atoms with Gasteiger partial charge in [0.15, 0.2) is 6.61 Å². The Bertz CT molecular complexity index is 980. The molecule has 1 amide bonds. The maximum atomic E-state index is 13.6. The van der Waals surface area contributed by atoms with Gasteiger partial charge in [-0.15, -0.1) is 0 Å². The van der Waals surface area contributed by atoms with Gasteiger partial charge in [-0.1, -0.05) is 29.8 Å². The Hall–Kier alpha value is -3.48. The van der Waals surface area contributed by atoms with Gasteiger partial charge < -0.3 is 10.1 Å². The largest absolute Gasteiger partial charge is 0.452 e. The number of carbonyl (C=O) groups is 2. The minimum absolute atomic E-state index is 0.217. The van der Waals surface area contributed by atoms with Crippen molar-refractivity contribution >= 4 is 17.7 Å².